The predicted octanol–water partition coefficient (Wildman–Crippen LogP) is 4.05. The number of rotatable bonds is 4. The summed E-state index contributed by atoms with van der Waals surface area (Å²) in [5, 5.41) is 11.5. The van der Waals surface area contributed by atoms with Crippen LogP contribution in [-0.4, -0.2) is 45.2 Å². The fraction of sp³-hybridized carbons (Fsp3) is 0.632. The summed E-state index contributed by atoms with van der Waals surface area (Å²) < 4.78 is 40.5. The molecule has 2 N–H and O–H groups in total. The molecule has 0 radical (unpaired) electrons. The Hall–Kier alpha value is -1.60. The molecule has 4 nitrogen and oxygen atoms in total. The molecule has 0 amide bonds. The third-order valence-electron chi connectivity index (χ3n) is 4.21. The summed E-state index contributed by atoms with van der Waals surface area (Å²) in [5.41, 5.74) is 0.240. The first-order valence-corrected chi connectivity index (χ1v) is 9.00. The second-order valence-corrected chi connectivity index (χ2v) is 6.44. The van der Waals surface area contributed by atoms with Crippen LogP contribution >= 0.6 is 0 Å². The largest absolute Gasteiger partial charge is 0.418 e. The molecule has 1 heterocycles. The van der Waals surface area contributed by atoms with Gasteiger partial charge in [-0.2, -0.15) is 13.2 Å². The minimum atomic E-state index is -4.38. The number of alkyl halides is 3. The quantitative estimate of drug-likeness (QED) is 0.783. The number of nitrogens with zero attached hydrogens (tertiary/aromatic N) is 2. The van der Waals surface area contributed by atoms with Gasteiger partial charge in [0, 0.05) is 30.9 Å². The zero-order valence-electron chi connectivity index (χ0n) is 15.8. The molecule has 0 aliphatic carbocycles. The highest BCUT2D eigenvalue weighted by atomic mass is 19.4. The molecule has 2 rings (SSSR count). The first-order chi connectivity index (χ1) is 12.3. The minimum Gasteiger partial charge on any atom is -0.375 e. The number of nitrogens with one attached hydrogen (secondary N) is 1. The van der Waals surface area contributed by atoms with E-state index < -0.39 is 11.7 Å². The Morgan fingerprint density at radius 1 is 1.19 bits per heavy atom. The van der Waals surface area contributed by atoms with Crippen LogP contribution in [0.4, 0.5) is 18.9 Å². The van der Waals surface area contributed by atoms with Crippen molar-refractivity contribution in [1.29, 1.82) is 0 Å². The molecule has 148 valence electrons. The number of hydrogen-bond donors (Lipinski definition) is 2. The first-order valence-electron chi connectivity index (χ1n) is 9.00. The van der Waals surface area contributed by atoms with Crippen LogP contribution in [0.2, 0.25) is 0 Å². The van der Waals surface area contributed by atoms with E-state index in [0.29, 0.717) is 18.7 Å². The SMILES string of the molecule is CC(/C=N\CO)c1ccc(N2CCCCCC2)c(C(F)(F)F)c1.CNC. The molecular formula is C19H30F3N3O. The molecule has 1 atom stereocenters. The number of aliphatic hydroxyl groups is 1. The van der Waals surface area contributed by atoms with Gasteiger partial charge in [0.1, 0.15) is 6.73 Å². The van der Waals surface area contributed by atoms with Crippen molar-refractivity contribution in [1.82, 2.24) is 5.32 Å². The molecule has 0 bridgehead atoms. The van der Waals surface area contributed by atoms with Crippen LogP contribution in [0.3, 0.4) is 0 Å². The van der Waals surface area contributed by atoms with Gasteiger partial charge in [-0.25, -0.2) is 0 Å². The van der Waals surface area contributed by atoms with E-state index in [1.807, 2.05) is 19.0 Å². The van der Waals surface area contributed by atoms with Gasteiger partial charge in [-0.05, 0) is 44.6 Å². The van der Waals surface area contributed by atoms with E-state index >= 15 is 0 Å². The third kappa shape index (κ3) is 6.96. The highest BCUT2D eigenvalue weighted by molar-refractivity contribution is 5.69. The van der Waals surface area contributed by atoms with Crippen LogP contribution in [0.1, 0.15) is 49.7 Å². The Morgan fingerprint density at radius 2 is 1.77 bits per heavy atom. The lowest BCUT2D eigenvalue weighted by Gasteiger charge is -2.27. The Kier molecular flexibility index (Phi) is 9.65. The molecule has 0 spiro atoms. The molecule has 7 heteroatoms. The smallest absolute Gasteiger partial charge is 0.375 e. The van der Waals surface area contributed by atoms with Gasteiger partial charge in [-0.1, -0.05) is 25.8 Å². The highest BCUT2D eigenvalue weighted by Gasteiger charge is 2.35. The Labute approximate surface area is 154 Å². The van der Waals surface area contributed by atoms with Crippen molar-refractivity contribution in [2.75, 3.05) is 38.8 Å². The molecule has 0 saturated carbocycles. The number of hydrogen-bond acceptors (Lipinski definition) is 4. The van der Waals surface area contributed by atoms with Crippen LogP contribution in [0.15, 0.2) is 23.2 Å². The van der Waals surface area contributed by atoms with Crippen LogP contribution in [-0.2, 0) is 6.18 Å². The van der Waals surface area contributed by atoms with E-state index in [2.05, 4.69) is 10.3 Å². The molecule has 1 unspecified atom stereocenters. The second-order valence-electron chi connectivity index (χ2n) is 6.44. The minimum absolute atomic E-state index is 0.273. The van der Waals surface area contributed by atoms with Gasteiger partial charge in [-0.3, -0.25) is 4.99 Å². The lowest BCUT2D eigenvalue weighted by atomic mass is 9.98. The number of anilines is 1. The van der Waals surface area contributed by atoms with E-state index in [0.717, 1.165) is 25.7 Å². The fourth-order valence-corrected chi connectivity index (χ4v) is 2.94. The summed E-state index contributed by atoms with van der Waals surface area (Å²) in [6, 6.07) is 4.52. The first kappa shape index (κ1) is 22.4. The lowest BCUT2D eigenvalue weighted by Crippen LogP contribution is -2.27. The van der Waals surface area contributed by atoms with Crippen molar-refractivity contribution in [3.8, 4) is 0 Å². The maximum atomic E-state index is 13.5. The Bertz CT molecular complexity index is 553. The molecule has 0 aromatic heterocycles. The number of halogens is 3. The highest BCUT2D eigenvalue weighted by Crippen LogP contribution is 2.39. The van der Waals surface area contributed by atoms with Crippen LogP contribution in [0.5, 0.6) is 0 Å². The van der Waals surface area contributed by atoms with Gasteiger partial charge in [-0.15, -0.1) is 0 Å². The van der Waals surface area contributed by atoms with Gasteiger partial charge in [0.2, 0.25) is 0 Å². The molecule has 1 aliphatic rings. The van der Waals surface area contributed by atoms with Crippen molar-refractivity contribution in [3.05, 3.63) is 29.3 Å². The summed E-state index contributed by atoms with van der Waals surface area (Å²) in [5.74, 6) is -0.276. The fourth-order valence-electron chi connectivity index (χ4n) is 2.94. The Balaban J connectivity index is 0.00000105. The van der Waals surface area contributed by atoms with E-state index in [1.54, 1.807) is 19.1 Å². The van der Waals surface area contributed by atoms with Gasteiger partial charge in [0.25, 0.3) is 0 Å². The van der Waals surface area contributed by atoms with Gasteiger partial charge in [0.15, 0.2) is 0 Å². The zero-order chi connectivity index (χ0) is 19.6. The van der Waals surface area contributed by atoms with Gasteiger partial charge >= 0.3 is 6.18 Å². The molecular weight excluding hydrogens is 343 g/mol. The van der Waals surface area contributed by atoms with Crippen molar-refractivity contribution < 1.29 is 18.3 Å². The van der Waals surface area contributed by atoms with Crippen LogP contribution in [0.25, 0.3) is 0 Å². The topological polar surface area (TPSA) is 47.9 Å². The van der Waals surface area contributed by atoms with E-state index in [-0.39, 0.29) is 18.3 Å². The molecule has 1 saturated heterocycles. The predicted molar refractivity (Wildman–Crippen MR) is 101 cm³/mol. The second kappa shape index (κ2) is 11.2. The van der Waals surface area contributed by atoms with Crippen molar-refractivity contribution in [2.24, 2.45) is 4.99 Å². The maximum Gasteiger partial charge on any atom is 0.418 e. The molecule has 26 heavy (non-hydrogen) atoms. The average Bonchev–Trinajstić information content (AvgIpc) is 2.88. The molecule has 1 aromatic carbocycles. The summed E-state index contributed by atoms with van der Waals surface area (Å²) in [6.07, 6.45) is 1.10. The summed E-state index contributed by atoms with van der Waals surface area (Å²) in [6.45, 7) is 2.75. The van der Waals surface area contributed by atoms with E-state index in [4.69, 9.17) is 5.11 Å². The number of benzene rings is 1. The molecule has 1 aromatic rings. The van der Waals surface area contributed by atoms with E-state index in [9.17, 15) is 13.2 Å². The van der Waals surface area contributed by atoms with Gasteiger partial charge in [0.05, 0.1) is 5.56 Å². The average molecular weight is 373 g/mol. The maximum absolute atomic E-state index is 13.5. The molecule has 1 aliphatic heterocycles. The summed E-state index contributed by atoms with van der Waals surface area (Å²) >= 11 is 0. The lowest BCUT2D eigenvalue weighted by molar-refractivity contribution is -0.137. The standard InChI is InChI=1S/C17H23F3N2O.C2H7N/c1-13(11-21-12-23)14-6-7-16(15(10-14)17(18,19)20)22-8-4-2-3-5-9-22;1-3-2/h6-7,10-11,13,23H,2-5,8-9,12H2,1H3;3H,1-2H3/b21-11-;. The monoisotopic (exact) mass is 373 g/mol. The number of aliphatic hydroxyl groups excluding tert-OH is 1. The zero-order valence-corrected chi connectivity index (χ0v) is 15.8. The van der Waals surface area contributed by atoms with Crippen molar-refractivity contribution in [2.45, 2.75) is 44.7 Å². The molecule has 1 fully saturated rings. The van der Waals surface area contributed by atoms with Crippen molar-refractivity contribution in [3.63, 3.8) is 0 Å². The van der Waals surface area contributed by atoms with Crippen LogP contribution in [0, 0.1) is 0 Å². The van der Waals surface area contributed by atoms with Crippen LogP contribution < -0.4 is 10.2 Å². The normalized spacial score (nSPS) is 16.8. The third-order valence-corrected chi connectivity index (χ3v) is 4.21. The Morgan fingerprint density at radius 3 is 2.27 bits per heavy atom. The number of aliphatic imine (C=N–C) groups is 1. The van der Waals surface area contributed by atoms with E-state index in [1.165, 1.54) is 12.3 Å². The summed E-state index contributed by atoms with van der Waals surface area (Å²) in [7, 11) is 3.75. The van der Waals surface area contributed by atoms with Crippen molar-refractivity contribution >= 4 is 11.9 Å². The summed E-state index contributed by atoms with van der Waals surface area (Å²) in [4.78, 5) is 5.56. The van der Waals surface area contributed by atoms with Gasteiger partial charge < -0.3 is 15.3 Å².